The highest BCUT2D eigenvalue weighted by molar-refractivity contribution is 6.07. The van der Waals surface area contributed by atoms with E-state index in [0.29, 0.717) is 36.5 Å². The van der Waals surface area contributed by atoms with Crippen molar-refractivity contribution >= 4 is 29.1 Å². The van der Waals surface area contributed by atoms with Crippen molar-refractivity contribution < 1.29 is 29.3 Å². The molecule has 39 heavy (non-hydrogen) atoms. The first-order valence-corrected chi connectivity index (χ1v) is 13.5. The smallest absolute Gasteiger partial charge is 0.264 e. The Hall–Kier alpha value is -3.69. The summed E-state index contributed by atoms with van der Waals surface area (Å²) < 4.78 is 5.40. The normalized spacial score (nSPS) is 23.4. The minimum absolute atomic E-state index is 0.0498. The Balaban J connectivity index is 1.38. The zero-order valence-corrected chi connectivity index (χ0v) is 22.4. The zero-order chi connectivity index (χ0) is 27.7. The third kappa shape index (κ3) is 4.81. The van der Waals surface area contributed by atoms with E-state index in [4.69, 9.17) is 4.74 Å². The first-order chi connectivity index (χ1) is 18.8. The van der Waals surface area contributed by atoms with E-state index >= 15 is 0 Å². The van der Waals surface area contributed by atoms with E-state index in [2.05, 4.69) is 0 Å². The lowest BCUT2D eigenvalue weighted by Gasteiger charge is -2.31. The lowest BCUT2D eigenvalue weighted by atomic mass is 9.83. The summed E-state index contributed by atoms with van der Waals surface area (Å²) in [7, 11) is 1.53. The first-order valence-electron chi connectivity index (χ1n) is 13.5. The Morgan fingerprint density at radius 2 is 2.03 bits per heavy atom. The largest absolute Gasteiger partial charge is 0.497 e. The minimum Gasteiger partial charge on any atom is -0.497 e. The minimum atomic E-state index is -1.85. The molecule has 0 spiro atoms. The van der Waals surface area contributed by atoms with Crippen LogP contribution in [0.3, 0.4) is 0 Å². The van der Waals surface area contributed by atoms with Crippen LogP contribution < -0.4 is 14.5 Å². The second-order valence-electron chi connectivity index (χ2n) is 10.5. The molecular formula is C30H35N3O6. The topological polar surface area (TPSA) is 111 Å². The number of carbonyl (C=O) groups is 3. The molecule has 206 valence electrons. The highest BCUT2D eigenvalue weighted by Crippen LogP contribution is 2.47. The van der Waals surface area contributed by atoms with Crippen LogP contribution in [-0.2, 0) is 26.5 Å². The van der Waals surface area contributed by atoms with Gasteiger partial charge in [0.1, 0.15) is 5.75 Å². The molecule has 0 aliphatic carbocycles. The second-order valence-corrected chi connectivity index (χ2v) is 10.5. The summed E-state index contributed by atoms with van der Waals surface area (Å²) in [6, 6.07) is 12.6. The molecule has 0 radical (unpaired) electrons. The Kier molecular flexibility index (Phi) is 7.46. The number of fused-ring (bicyclic) bond motifs is 1. The van der Waals surface area contributed by atoms with Gasteiger partial charge in [0, 0.05) is 43.1 Å². The van der Waals surface area contributed by atoms with Crippen LogP contribution in [0.15, 0.2) is 54.6 Å². The van der Waals surface area contributed by atoms with Crippen molar-refractivity contribution in [3.63, 3.8) is 0 Å². The molecule has 3 aliphatic heterocycles. The molecule has 3 amide bonds. The zero-order valence-electron chi connectivity index (χ0n) is 22.4. The molecule has 2 N–H and O–H groups in total. The fourth-order valence-electron chi connectivity index (χ4n) is 5.79. The number of benzene rings is 2. The van der Waals surface area contributed by atoms with Crippen molar-refractivity contribution in [1.82, 2.24) is 4.90 Å². The van der Waals surface area contributed by atoms with Crippen molar-refractivity contribution in [3.05, 3.63) is 65.7 Å². The van der Waals surface area contributed by atoms with Gasteiger partial charge in [0.25, 0.3) is 5.91 Å². The van der Waals surface area contributed by atoms with Crippen molar-refractivity contribution in [2.45, 2.75) is 50.8 Å². The third-order valence-electron chi connectivity index (χ3n) is 8.17. The van der Waals surface area contributed by atoms with E-state index in [0.717, 1.165) is 24.1 Å². The van der Waals surface area contributed by atoms with Crippen molar-refractivity contribution in [2.75, 3.05) is 36.6 Å². The molecule has 5 rings (SSSR count). The highest BCUT2D eigenvalue weighted by Gasteiger charge is 2.52. The molecule has 2 aromatic carbocycles. The number of anilines is 2. The maximum Gasteiger partial charge on any atom is 0.264 e. The van der Waals surface area contributed by atoms with Gasteiger partial charge in [-0.3, -0.25) is 14.4 Å². The fraction of sp³-hybridized carbons (Fsp3) is 0.433. The quantitative estimate of drug-likeness (QED) is 0.379. The van der Waals surface area contributed by atoms with Gasteiger partial charge in [0.2, 0.25) is 11.8 Å². The summed E-state index contributed by atoms with van der Waals surface area (Å²) in [6.45, 7) is 3.24. The van der Waals surface area contributed by atoms with Crippen LogP contribution in [0.1, 0.15) is 43.7 Å². The van der Waals surface area contributed by atoms with Crippen LogP contribution >= 0.6 is 0 Å². The standard InChI is InChI=1S/C30H35N3O6/c1-20(6-3-10-27(35)31-14-5-9-23(31)19-34)30(38)25-17-24(39-2)11-12-26(25)33(29(30)37)18-21-7-4-8-22(16-21)32-15-13-28(32)36/h3-4,6-8,11-12,16-17,20,23,34,38H,5,9-10,13-15,18-19H2,1-2H3/b6-3+/t20-,23+,30+/m1/s1. The number of likely N-dealkylation sites (tertiary alicyclic amines) is 1. The summed E-state index contributed by atoms with van der Waals surface area (Å²) in [6.07, 6.45) is 5.74. The van der Waals surface area contributed by atoms with E-state index in [1.54, 1.807) is 52.0 Å². The number of aliphatic hydroxyl groups is 2. The Morgan fingerprint density at radius 3 is 2.72 bits per heavy atom. The van der Waals surface area contributed by atoms with E-state index in [-0.39, 0.29) is 37.4 Å². The number of nitrogens with zero attached hydrogens (tertiary/aromatic N) is 3. The van der Waals surface area contributed by atoms with E-state index in [1.807, 2.05) is 24.3 Å². The molecule has 3 aliphatic rings. The molecule has 9 nitrogen and oxygen atoms in total. The van der Waals surface area contributed by atoms with Crippen LogP contribution in [0, 0.1) is 5.92 Å². The molecule has 3 atom stereocenters. The number of amides is 3. The summed E-state index contributed by atoms with van der Waals surface area (Å²) in [5.41, 5.74) is 0.820. The van der Waals surface area contributed by atoms with Crippen LogP contribution in [-0.4, -0.2) is 65.7 Å². The average Bonchev–Trinajstić information content (AvgIpc) is 3.50. The first kappa shape index (κ1) is 26.9. The van der Waals surface area contributed by atoms with Gasteiger partial charge in [-0.1, -0.05) is 31.2 Å². The predicted molar refractivity (Wildman–Crippen MR) is 146 cm³/mol. The Labute approximate surface area is 228 Å². The lowest BCUT2D eigenvalue weighted by Crippen LogP contribution is -2.44. The summed E-state index contributed by atoms with van der Waals surface area (Å²) in [4.78, 5) is 43.5. The molecule has 0 saturated carbocycles. The SMILES string of the molecule is COc1ccc2c(c1)[C@@](O)([C@H](C)/C=C/CC(=O)N1CCC[C@H]1CO)C(=O)N2Cc1cccc(N2CCC2=O)c1. The maximum absolute atomic E-state index is 13.9. The molecule has 2 saturated heterocycles. The molecule has 0 unspecified atom stereocenters. The average molecular weight is 534 g/mol. The van der Waals surface area contributed by atoms with Crippen molar-refractivity contribution in [1.29, 1.82) is 0 Å². The predicted octanol–water partition coefficient (Wildman–Crippen LogP) is 2.73. The van der Waals surface area contributed by atoms with Gasteiger partial charge in [-0.2, -0.15) is 0 Å². The number of ether oxygens (including phenoxy) is 1. The highest BCUT2D eigenvalue weighted by atomic mass is 16.5. The summed E-state index contributed by atoms with van der Waals surface area (Å²) >= 11 is 0. The van der Waals surface area contributed by atoms with Crippen LogP contribution in [0.4, 0.5) is 11.4 Å². The van der Waals surface area contributed by atoms with Crippen LogP contribution in [0.25, 0.3) is 0 Å². The van der Waals surface area contributed by atoms with E-state index in [1.165, 1.54) is 7.11 Å². The molecular weight excluding hydrogens is 498 g/mol. The number of methoxy groups -OCH3 is 1. The Morgan fingerprint density at radius 1 is 1.21 bits per heavy atom. The Bertz CT molecular complexity index is 1310. The fourth-order valence-corrected chi connectivity index (χ4v) is 5.79. The number of β-lactam (4-membered cyclic amide) rings is 1. The van der Waals surface area contributed by atoms with Gasteiger partial charge in [0.15, 0.2) is 5.60 Å². The monoisotopic (exact) mass is 533 g/mol. The van der Waals surface area contributed by atoms with Gasteiger partial charge >= 0.3 is 0 Å². The third-order valence-corrected chi connectivity index (χ3v) is 8.17. The summed E-state index contributed by atoms with van der Waals surface area (Å²) in [5.74, 6) is -0.572. The van der Waals surface area contributed by atoms with Crippen molar-refractivity contribution in [3.8, 4) is 5.75 Å². The molecule has 0 bridgehead atoms. The van der Waals surface area contributed by atoms with Crippen LogP contribution in [0.2, 0.25) is 0 Å². The molecule has 2 aromatic rings. The summed E-state index contributed by atoms with van der Waals surface area (Å²) in [5, 5.41) is 21.5. The number of hydrogen-bond acceptors (Lipinski definition) is 6. The van der Waals surface area contributed by atoms with Crippen molar-refractivity contribution in [2.24, 2.45) is 5.92 Å². The number of aliphatic hydroxyl groups excluding tert-OH is 1. The maximum atomic E-state index is 13.9. The lowest BCUT2D eigenvalue weighted by molar-refractivity contribution is -0.139. The van der Waals surface area contributed by atoms with Gasteiger partial charge < -0.3 is 29.6 Å². The number of hydrogen-bond donors (Lipinski definition) is 2. The second kappa shape index (κ2) is 10.8. The number of carbonyl (C=O) groups excluding carboxylic acids is 3. The van der Waals surface area contributed by atoms with Gasteiger partial charge in [-0.15, -0.1) is 0 Å². The van der Waals surface area contributed by atoms with Gasteiger partial charge in [0.05, 0.1) is 32.0 Å². The van der Waals surface area contributed by atoms with E-state index < -0.39 is 17.4 Å². The molecule has 0 aromatic heterocycles. The van der Waals surface area contributed by atoms with E-state index in [9.17, 15) is 24.6 Å². The molecule has 3 heterocycles. The van der Waals surface area contributed by atoms with Crippen LogP contribution in [0.5, 0.6) is 5.75 Å². The molecule has 2 fully saturated rings. The van der Waals surface area contributed by atoms with Gasteiger partial charge in [-0.05, 0) is 48.7 Å². The number of rotatable bonds is 9. The molecule has 9 heteroatoms. The van der Waals surface area contributed by atoms with Gasteiger partial charge in [-0.25, -0.2) is 0 Å².